The van der Waals surface area contributed by atoms with Gasteiger partial charge in [0.25, 0.3) is 11.8 Å². The summed E-state index contributed by atoms with van der Waals surface area (Å²) < 4.78 is 1.57. The summed E-state index contributed by atoms with van der Waals surface area (Å²) in [4.78, 5) is 48.1. The van der Waals surface area contributed by atoms with E-state index < -0.39 is 5.54 Å². The number of rotatable bonds is 4. The van der Waals surface area contributed by atoms with Gasteiger partial charge in [-0.3, -0.25) is 14.5 Å². The molecule has 9 heteroatoms. The van der Waals surface area contributed by atoms with Crippen LogP contribution < -0.4 is 0 Å². The second-order valence-electron chi connectivity index (χ2n) is 8.11. The number of likely N-dealkylation sites (N-methyl/N-ethyl adjacent to an activating group) is 1. The zero-order valence-electron chi connectivity index (χ0n) is 17.0. The number of amides is 4. The van der Waals surface area contributed by atoms with Gasteiger partial charge in [-0.25, -0.2) is 14.3 Å². The van der Waals surface area contributed by atoms with Crippen molar-refractivity contribution in [1.82, 2.24) is 29.3 Å². The van der Waals surface area contributed by atoms with Gasteiger partial charge in [-0.1, -0.05) is 13.8 Å². The van der Waals surface area contributed by atoms with Gasteiger partial charge in [-0.15, -0.1) is 0 Å². The van der Waals surface area contributed by atoms with E-state index in [9.17, 15) is 14.4 Å². The first-order valence-electron chi connectivity index (χ1n) is 10.1. The number of hydrogen-bond donors (Lipinski definition) is 0. The van der Waals surface area contributed by atoms with Gasteiger partial charge in [0.1, 0.15) is 11.1 Å². The molecule has 0 aliphatic carbocycles. The minimum absolute atomic E-state index is 0.129. The molecular formula is C20H26N6O3. The molecule has 2 aliphatic rings. The molecule has 0 saturated carbocycles. The third-order valence-electron chi connectivity index (χ3n) is 5.87. The number of likely N-dealkylation sites (tertiary alicyclic amines) is 1. The molecule has 2 aromatic rings. The van der Waals surface area contributed by atoms with Crippen molar-refractivity contribution < 1.29 is 14.4 Å². The maximum atomic E-state index is 13.1. The number of imide groups is 1. The Hall–Kier alpha value is -2.97. The Morgan fingerprint density at radius 1 is 1.24 bits per heavy atom. The summed E-state index contributed by atoms with van der Waals surface area (Å²) in [5.41, 5.74) is 0.126. The second kappa shape index (κ2) is 7.13. The first-order chi connectivity index (χ1) is 13.9. The van der Waals surface area contributed by atoms with Crippen molar-refractivity contribution in [3.05, 3.63) is 30.2 Å². The average molecular weight is 398 g/mol. The molecule has 0 atom stereocenters. The highest BCUT2D eigenvalue weighted by atomic mass is 16.2. The predicted molar refractivity (Wildman–Crippen MR) is 105 cm³/mol. The zero-order valence-corrected chi connectivity index (χ0v) is 17.0. The summed E-state index contributed by atoms with van der Waals surface area (Å²) in [6, 6.07) is 1.54. The van der Waals surface area contributed by atoms with Crippen LogP contribution in [0, 0.1) is 5.92 Å². The average Bonchev–Trinajstić information content (AvgIpc) is 3.22. The minimum atomic E-state index is -0.840. The first kappa shape index (κ1) is 19.4. The summed E-state index contributed by atoms with van der Waals surface area (Å²) in [6.45, 7) is 7.62. The quantitative estimate of drug-likeness (QED) is 0.731. The molecule has 4 rings (SSSR count). The summed E-state index contributed by atoms with van der Waals surface area (Å²) >= 11 is 0. The predicted octanol–water partition coefficient (Wildman–Crippen LogP) is 1.64. The summed E-state index contributed by atoms with van der Waals surface area (Å²) in [6.07, 6.45) is 5.79. The number of nitrogens with zero attached hydrogens (tertiary/aromatic N) is 6. The van der Waals surface area contributed by atoms with Crippen molar-refractivity contribution in [2.24, 2.45) is 5.92 Å². The summed E-state index contributed by atoms with van der Waals surface area (Å²) in [7, 11) is 0. The van der Waals surface area contributed by atoms with Crippen molar-refractivity contribution in [3.63, 3.8) is 0 Å². The van der Waals surface area contributed by atoms with E-state index in [1.54, 1.807) is 32.8 Å². The standard InChI is InChI=1S/C20H26N6O3/c1-4-24-18(28)20(25(19(24)29)13-14(2)3)6-10-23(11-7-20)17(27)15-12-22-26-9-5-8-21-16(15)26/h5,8-9,12,14H,4,6-7,10-11,13H2,1-3H3. The second-order valence-corrected chi connectivity index (χ2v) is 8.11. The largest absolute Gasteiger partial charge is 0.338 e. The molecule has 4 amide bonds. The molecule has 4 heterocycles. The summed E-state index contributed by atoms with van der Waals surface area (Å²) in [5.74, 6) is -0.0200. The highest BCUT2D eigenvalue weighted by Gasteiger charge is 2.57. The van der Waals surface area contributed by atoms with E-state index in [0.717, 1.165) is 0 Å². The van der Waals surface area contributed by atoms with Crippen molar-refractivity contribution in [2.75, 3.05) is 26.2 Å². The van der Waals surface area contributed by atoms with Crippen molar-refractivity contribution in [3.8, 4) is 0 Å². The third kappa shape index (κ3) is 2.95. The molecule has 2 aliphatic heterocycles. The molecule has 0 N–H and O–H groups in total. The molecule has 0 aromatic carbocycles. The fourth-order valence-corrected chi connectivity index (χ4v) is 4.39. The monoisotopic (exact) mass is 398 g/mol. The van der Waals surface area contributed by atoms with Crippen LogP contribution in [0.2, 0.25) is 0 Å². The van der Waals surface area contributed by atoms with E-state index in [1.807, 2.05) is 20.8 Å². The molecule has 29 heavy (non-hydrogen) atoms. The highest BCUT2D eigenvalue weighted by Crippen LogP contribution is 2.38. The topological polar surface area (TPSA) is 91.1 Å². The highest BCUT2D eigenvalue weighted by molar-refractivity contribution is 6.07. The van der Waals surface area contributed by atoms with E-state index in [2.05, 4.69) is 10.1 Å². The van der Waals surface area contributed by atoms with Crippen LogP contribution >= 0.6 is 0 Å². The Balaban J connectivity index is 1.56. The third-order valence-corrected chi connectivity index (χ3v) is 5.87. The fraction of sp³-hybridized carbons (Fsp3) is 0.550. The number of carbonyl (C=O) groups excluding carboxylic acids is 3. The lowest BCUT2D eigenvalue weighted by molar-refractivity contribution is -0.135. The number of aromatic nitrogens is 3. The number of carbonyl (C=O) groups is 3. The van der Waals surface area contributed by atoms with Crippen LogP contribution in [0.1, 0.15) is 44.0 Å². The van der Waals surface area contributed by atoms with Crippen molar-refractivity contribution in [1.29, 1.82) is 0 Å². The molecule has 0 radical (unpaired) electrons. The van der Waals surface area contributed by atoms with Gasteiger partial charge in [0.15, 0.2) is 5.65 Å². The van der Waals surface area contributed by atoms with Crippen LogP contribution in [0.5, 0.6) is 0 Å². The van der Waals surface area contributed by atoms with Crippen LogP contribution in [-0.2, 0) is 4.79 Å². The molecule has 2 saturated heterocycles. The Kier molecular flexibility index (Phi) is 4.76. The number of fused-ring (bicyclic) bond motifs is 1. The Labute approximate surface area is 169 Å². The molecule has 2 aromatic heterocycles. The number of urea groups is 1. The maximum Gasteiger partial charge on any atom is 0.327 e. The maximum absolute atomic E-state index is 13.1. The molecule has 0 unspecified atom stereocenters. The first-order valence-corrected chi connectivity index (χ1v) is 10.1. The fourth-order valence-electron chi connectivity index (χ4n) is 4.39. The summed E-state index contributed by atoms with van der Waals surface area (Å²) in [5, 5.41) is 4.19. The number of piperidine rings is 1. The molecule has 9 nitrogen and oxygen atoms in total. The van der Waals surface area contributed by atoms with E-state index in [4.69, 9.17) is 0 Å². The lowest BCUT2D eigenvalue weighted by Gasteiger charge is -2.42. The Morgan fingerprint density at radius 2 is 1.97 bits per heavy atom. The molecule has 2 fully saturated rings. The van der Waals surface area contributed by atoms with Gasteiger partial charge in [0, 0.05) is 38.6 Å². The van der Waals surface area contributed by atoms with Gasteiger partial charge < -0.3 is 9.80 Å². The van der Waals surface area contributed by atoms with E-state index in [0.29, 0.717) is 50.2 Å². The van der Waals surface area contributed by atoms with Crippen LogP contribution in [0.4, 0.5) is 4.79 Å². The minimum Gasteiger partial charge on any atom is -0.338 e. The molecule has 1 spiro atoms. The van der Waals surface area contributed by atoms with Crippen LogP contribution in [-0.4, -0.2) is 78.9 Å². The zero-order chi connectivity index (χ0) is 20.8. The van der Waals surface area contributed by atoms with Gasteiger partial charge in [-0.05, 0) is 31.7 Å². The molecular weight excluding hydrogens is 372 g/mol. The van der Waals surface area contributed by atoms with Gasteiger partial charge >= 0.3 is 6.03 Å². The van der Waals surface area contributed by atoms with Gasteiger partial charge in [0.05, 0.1) is 6.20 Å². The lowest BCUT2D eigenvalue weighted by Crippen LogP contribution is -2.58. The van der Waals surface area contributed by atoms with Crippen LogP contribution in [0.15, 0.2) is 24.7 Å². The SMILES string of the molecule is CCN1C(=O)N(CC(C)C)C2(CCN(C(=O)c3cnn4cccnc34)CC2)C1=O. The van der Waals surface area contributed by atoms with E-state index in [-0.39, 0.29) is 23.8 Å². The smallest absolute Gasteiger partial charge is 0.327 e. The van der Waals surface area contributed by atoms with Crippen LogP contribution in [0.3, 0.4) is 0 Å². The van der Waals surface area contributed by atoms with Crippen molar-refractivity contribution in [2.45, 2.75) is 39.2 Å². The van der Waals surface area contributed by atoms with Gasteiger partial charge in [0.2, 0.25) is 0 Å². The van der Waals surface area contributed by atoms with E-state index >= 15 is 0 Å². The van der Waals surface area contributed by atoms with Gasteiger partial charge in [-0.2, -0.15) is 5.10 Å². The normalized spacial score (nSPS) is 19.2. The van der Waals surface area contributed by atoms with Crippen molar-refractivity contribution >= 4 is 23.5 Å². The van der Waals surface area contributed by atoms with E-state index in [1.165, 1.54) is 11.1 Å². The Bertz CT molecular complexity index is 960. The van der Waals surface area contributed by atoms with Crippen LogP contribution in [0.25, 0.3) is 5.65 Å². The molecule has 154 valence electrons. The Morgan fingerprint density at radius 3 is 2.62 bits per heavy atom. The lowest BCUT2D eigenvalue weighted by atomic mass is 9.85. The molecule has 0 bridgehead atoms. The number of hydrogen-bond acceptors (Lipinski definition) is 5.